The molecule has 120 valence electrons. The molecule has 1 aromatic carbocycles. The van der Waals surface area contributed by atoms with Gasteiger partial charge in [0.2, 0.25) is 0 Å². The molecule has 0 atom stereocenters. The van der Waals surface area contributed by atoms with Gasteiger partial charge in [-0.1, -0.05) is 12.8 Å². The second-order valence-electron chi connectivity index (χ2n) is 5.23. The summed E-state index contributed by atoms with van der Waals surface area (Å²) in [5.74, 6) is 0.274. The van der Waals surface area contributed by atoms with Crippen LogP contribution in [0.4, 0.5) is 0 Å². The predicted octanol–water partition coefficient (Wildman–Crippen LogP) is 1.25. The highest BCUT2D eigenvalue weighted by Crippen LogP contribution is 2.17. The number of nitrogens with one attached hydrogen (secondary N) is 2. The number of hydrogen-bond acceptors (Lipinski definition) is 4. The van der Waals surface area contributed by atoms with Gasteiger partial charge in [-0.05, 0) is 37.1 Å². The van der Waals surface area contributed by atoms with Gasteiger partial charge in [-0.15, -0.1) is 0 Å². The largest absolute Gasteiger partial charge is 0.497 e. The molecule has 0 heterocycles. The van der Waals surface area contributed by atoms with Crippen molar-refractivity contribution in [1.29, 1.82) is 0 Å². The number of ether oxygens (including phenoxy) is 2. The van der Waals surface area contributed by atoms with E-state index >= 15 is 0 Å². The minimum Gasteiger partial charge on any atom is -0.497 e. The molecule has 2 rings (SSSR count). The van der Waals surface area contributed by atoms with Crippen LogP contribution in [-0.2, 0) is 9.59 Å². The highest BCUT2D eigenvalue weighted by Gasteiger charge is 2.20. The van der Waals surface area contributed by atoms with Crippen LogP contribution in [0.1, 0.15) is 25.7 Å². The van der Waals surface area contributed by atoms with Gasteiger partial charge in [-0.3, -0.25) is 9.59 Å². The molecular formula is C16H22N2O4. The van der Waals surface area contributed by atoms with Crippen molar-refractivity contribution in [2.45, 2.75) is 31.7 Å². The van der Waals surface area contributed by atoms with E-state index in [1.807, 2.05) is 0 Å². The van der Waals surface area contributed by atoms with Gasteiger partial charge in [0, 0.05) is 6.04 Å². The molecule has 1 fully saturated rings. The minimum atomic E-state index is -0.606. The van der Waals surface area contributed by atoms with Crippen LogP contribution in [0.2, 0.25) is 0 Å². The Hall–Kier alpha value is -2.24. The number of carbonyl (C=O) groups is 2. The van der Waals surface area contributed by atoms with Crippen LogP contribution in [-0.4, -0.2) is 38.1 Å². The third-order valence-corrected chi connectivity index (χ3v) is 3.61. The van der Waals surface area contributed by atoms with Gasteiger partial charge < -0.3 is 20.1 Å². The molecule has 0 radical (unpaired) electrons. The van der Waals surface area contributed by atoms with Crippen molar-refractivity contribution in [1.82, 2.24) is 10.6 Å². The second kappa shape index (κ2) is 8.26. The Bertz CT molecular complexity index is 495. The Morgan fingerprint density at radius 1 is 1.09 bits per heavy atom. The summed E-state index contributed by atoms with van der Waals surface area (Å²) in [5, 5.41) is 5.29. The molecule has 1 aliphatic rings. The summed E-state index contributed by atoms with van der Waals surface area (Å²) in [5.41, 5.74) is 0. The van der Waals surface area contributed by atoms with Gasteiger partial charge in [-0.25, -0.2) is 0 Å². The van der Waals surface area contributed by atoms with E-state index in [0.29, 0.717) is 12.4 Å². The summed E-state index contributed by atoms with van der Waals surface area (Å²) in [4.78, 5) is 23.3. The van der Waals surface area contributed by atoms with Gasteiger partial charge in [-0.2, -0.15) is 0 Å². The maximum atomic E-state index is 11.7. The summed E-state index contributed by atoms with van der Waals surface area (Å²) in [6.07, 6.45) is 4.14. The summed E-state index contributed by atoms with van der Waals surface area (Å²) >= 11 is 0. The summed E-state index contributed by atoms with van der Waals surface area (Å²) in [6.45, 7) is 0.581. The quantitative estimate of drug-likeness (QED) is 0.612. The number of hydrogen-bond donors (Lipinski definition) is 2. The van der Waals surface area contributed by atoms with Gasteiger partial charge in [0.25, 0.3) is 0 Å². The molecule has 0 aliphatic heterocycles. The third-order valence-electron chi connectivity index (χ3n) is 3.61. The van der Waals surface area contributed by atoms with Gasteiger partial charge in [0.05, 0.1) is 13.7 Å². The van der Waals surface area contributed by atoms with Crippen LogP contribution < -0.4 is 20.1 Å². The maximum absolute atomic E-state index is 11.7. The van der Waals surface area contributed by atoms with Gasteiger partial charge in [0.15, 0.2) is 0 Å². The average Bonchev–Trinajstić information content (AvgIpc) is 3.04. The molecule has 0 unspecified atom stereocenters. The Morgan fingerprint density at radius 3 is 2.36 bits per heavy atom. The number of rotatable bonds is 6. The van der Waals surface area contributed by atoms with Crippen LogP contribution in [0.3, 0.4) is 0 Å². The van der Waals surface area contributed by atoms with E-state index in [0.717, 1.165) is 31.4 Å². The van der Waals surface area contributed by atoms with E-state index in [-0.39, 0.29) is 12.6 Å². The van der Waals surface area contributed by atoms with E-state index in [4.69, 9.17) is 9.47 Å². The van der Waals surface area contributed by atoms with E-state index in [2.05, 4.69) is 10.6 Å². The number of amides is 2. The molecular weight excluding hydrogens is 284 g/mol. The number of benzene rings is 1. The molecule has 0 bridgehead atoms. The van der Waals surface area contributed by atoms with E-state index in [1.165, 1.54) is 0 Å². The zero-order valence-corrected chi connectivity index (χ0v) is 12.8. The standard InChI is InChI=1S/C16H22N2O4/c1-21-13-6-8-14(9-7-13)22-11-10-17-15(19)16(20)18-12-4-2-3-5-12/h6-9,12H,2-5,10-11H2,1H3,(H,17,19)(H,18,20). The molecule has 0 spiro atoms. The van der Waals surface area contributed by atoms with Gasteiger partial charge in [0.1, 0.15) is 18.1 Å². The van der Waals surface area contributed by atoms with E-state index in [9.17, 15) is 9.59 Å². The van der Waals surface area contributed by atoms with Crippen LogP contribution in [0.25, 0.3) is 0 Å². The smallest absolute Gasteiger partial charge is 0.309 e. The molecule has 2 N–H and O–H groups in total. The van der Waals surface area contributed by atoms with Crippen molar-refractivity contribution in [3.05, 3.63) is 24.3 Å². The Morgan fingerprint density at radius 2 is 1.73 bits per heavy atom. The molecule has 6 heteroatoms. The Balaban J connectivity index is 1.62. The van der Waals surface area contributed by atoms with Crippen molar-refractivity contribution >= 4 is 11.8 Å². The van der Waals surface area contributed by atoms with Crippen molar-refractivity contribution in [3.8, 4) is 11.5 Å². The highest BCUT2D eigenvalue weighted by molar-refractivity contribution is 6.35. The number of carbonyl (C=O) groups excluding carboxylic acids is 2. The van der Waals surface area contributed by atoms with Gasteiger partial charge >= 0.3 is 11.8 Å². The molecule has 0 saturated heterocycles. The predicted molar refractivity (Wildman–Crippen MR) is 81.9 cm³/mol. The lowest BCUT2D eigenvalue weighted by molar-refractivity contribution is -0.139. The molecule has 1 aromatic rings. The average molecular weight is 306 g/mol. The Labute approximate surface area is 130 Å². The first-order valence-corrected chi connectivity index (χ1v) is 7.54. The third kappa shape index (κ3) is 4.95. The summed E-state index contributed by atoms with van der Waals surface area (Å²) < 4.78 is 10.5. The van der Waals surface area contributed by atoms with E-state index in [1.54, 1.807) is 31.4 Å². The topological polar surface area (TPSA) is 76.7 Å². The zero-order valence-electron chi connectivity index (χ0n) is 12.8. The molecule has 1 saturated carbocycles. The first kappa shape index (κ1) is 16.1. The van der Waals surface area contributed by atoms with Crippen molar-refractivity contribution in [2.75, 3.05) is 20.3 Å². The molecule has 22 heavy (non-hydrogen) atoms. The lowest BCUT2D eigenvalue weighted by atomic mass is 10.2. The fourth-order valence-corrected chi connectivity index (χ4v) is 2.41. The second-order valence-corrected chi connectivity index (χ2v) is 5.23. The summed E-state index contributed by atoms with van der Waals surface area (Å²) in [6, 6.07) is 7.31. The highest BCUT2D eigenvalue weighted by atomic mass is 16.5. The van der Waals surface area contributed by atoms with Crippen LogP contribution in [0.5, 0.6) is 11.5 Å². The number of methoxy groups -OCH3 is 1. The maximum Gasteiger partial charge on any atom is 0.309 e. The fourth-order valence-electron chi connectivity index (χ4n) is 2.41. The minimum absolute atomic E-state index is 0.147. The zero-order chi connectivity index (χ0) is 15.8. The first-order chi connectivity index (χ1) is 10.7. The van der Waals surface area contributed by atoms with Crippen molar-refractivity contribution in [2.24, 2.45) is 0 Å². The molecule has 2 amide bonds. The Kier molecular flexibility index (Phi) is 6.06. The van der Waals surface area contributed by atoms with Crippen LogP contribution >= 0.6 is 0 Å². The fraction of sp³-hybridized carbons (Fsp3) is 0.500. The van der Waals surface area contributed by atoms with Crippen LogP contribution in [0.15, 0.2) is 24.3 Å². The first-order valence-electron chi connectivity index (χ1n) is 7.54. The van der Waals surface area contributed by atoms with Crippen molar-refractivity contribution in [3.63, 3.8) is 0 Å². The SMILES string of the molecule is COc1ccc(OCCNC(=O)C(=O)NC2CCCC2)cc1. The van der Waals surface area contributed by atoms with Crippen molar-refractivity contribution < 1.29 is 19.1 Å². The van der Waals surface area contributed by atoms with E-state index < -0.39 is 11.8 Å². The molecule has 1 aliphatic carbocycles. The lowest BCUT2D eigenvalue weighted by Gasteiger charge is -2.12. The molecule has 0 aromatic heterocycles. The summed E-state index contributed by atoms with van der Waals surface area (Å²) in [7, 11) is 1.60. The normalized spacial score (nSPS) is 14.4. The lowest BCUT2D eigenvalue weighted by Crippen LogP contribution is -2.44. The monoisotopic (exact) mass is 306 g/mol. The van der Waals surface area contributed by atoms with Crippen LogP contribution in [0, 0.1) is 0 Å². The molecule has 6 nitrogen and oxygen atoms in total.